The number of aryl methyl sites for hydroxylation is 1. The van der Waals surface area contributed by atoms with Gasteiger partial charge in [0.1, 0.15) is 11.1 Å². The summed E-state index contributed by atoms with van der Waals surface area (Å²) < 4.78 is 5.67. The Labute approximate surface area is 149 Å². The summed E-state index contributed by atoms with van der Waals surface area (Å²) in [5.74, 6) is -2.77. The molecule has 2 saturated heterocycles. The van der Waals surface area contributed by atoms with Gasteiger partial charge in [-0.05, 0) is 44.1 Å². The van der Waals surface area contributed by atoms with Crippen LogP contribution in [-0.2, 0) is 27.2 Å². The van der Waals surface area contributed by atoms with Crippen molar-refractivity contribution < 1.29 is 19.4 Å². The van der Waals surface area contributed by atoms with E-state index in [0.29, 0.717) is 17.0 Å². The van der Waals surface area contributed by atoms with Crippen LogP contribution in [0.5, 0.6) is 0 Å². The second kappa shape index (κ2) is 6.43. The summed E-state index contributed by atoms with van der Waals surface area (Å²) in [7, 11) is 0. The Bertz CT molecular complexity index is 766. The molecule has 0 unspecified atom stereocenters. The molecule has 7 heteroatoms. The zero-order valence-corrected chi connectivity index (χ0v) is 14.6. The summed E-state index contributed by atoms with van der Waals surface area (Å²) in [5, 5.41) is 22.5. The minimum atomic E-state index is -0.977. The molecule has 2 fully saturated rings. The standard InChI is InChI=1S/C18H20N2O4S/c19-8-10-9-4-2-1-3-5-13(9)25-17(10)20-16(21)14-11-6-7-12(24-11)15(14)18(22)23/h11-12,14-15H,1-7H2,(H,20,21)(H,22,23)/t11-,12-,14-,15-/m1/s1. The molecule has 0 radical (unpaired) electrons. The number of nitriles is 1. The van der Waals surface area contributed by atoms with Crippen LogP contribution in [0.2, 0.25) is 0 Å². The molecule has 3 heterocycles. The second-order valence-electron chi connectivity index (χ2n) is 7.05. The van der Waals surface area contributed by atoms with Crippen molar-refractivity contribution in [1.82, 2.24) is 0 Å². The number of fused-ring (bicyclic) bond motifs is 3. The molecule has 3 aliphatic rings. The van der Waals surface area contributed by atoms with E-state index < -0.39 is 17.8 Å². The number of hydrogen-bond acceptors (Lipinski definition) is 5. The van der Waals surface area contributed by atoms with Crippen molar-refractivity contribution in [2.24, 2.45) is 11.8 Å². The molecule has 6 nitrogen and oxygen atoms in total. The molecule has 2 aliphatic heterocycles. The van der Waals surface area contributed by atoms with Crippen molar-refractivity contribution in [3.63, 3.8) is 0 Å². The average molecular weight is 360 g/mol. The number of hydrogen-bond donors (Lipinski definition) is 2. The molecule has 25 heavy (non-hydrogen) atoms. The average Bonchev–Trinajstić information content (AvgIpc) is 3.23. The molecular formula is C18H20N2O4S. The van der Waals surface area contributed by atoms with Crippen molar-refractivity contribution in [3.05, 3.63) is 16.0 Å². The van der Waals surface area contributed by atoms with Gasteiger partial charge in [0.25, 0.3) is 0 Å². The fraction of sp³-hybridized carbons (Fsp3) is 0.611. The van der Waals surface area contributed by atoms with Crippen LogP contribution >= 0.6 is 11.3 Å². The summed E-state index contributed by atoms with van der Waals surface area (Å²) in [5.41, 5.74) is 1.63. The fourth-order valence-electron chi connectivity index (χ4n) is 4.47. The van der Waals surface area contributed by atoms with E-state index in [1.807, 2.05) is 0 Å². The first kappa shape index (κ1) is 16.6. The minimum Gasteiger partial charge on any atom is -0.481 e. The van der Waals surface area contributed by atoms with Gasteiger partial charge in [0.2, 0.25) is 5.91 Å². The van der Waals surface area contributed by atoms with Crippen molar-refractivity contribution in [1.29, 1.82) is 5.26 Å². The van der Waals surface area contributed by atoms with Gasteiger partial charge < -0.3 is 15.2 Å². The van der Waals surface area contributed by atoms with Gasteiger partial charge >= 0.3 is 5.97 Å². The summed E-state index contributed by atoms with van der Waals surface area (Å²) in [4.78, 5) is 25.6. The lowest BCUT2D eigenvalue weighted by molar-refractivity contribution is -0.147. The SMILES string of the molecule is N#Cc1c(NC(=O)[C@H]2[C@H](C(=O)O)[C@H]3CC[C@H]2O3)sc2c1CCCCC2. The van der Waals surface area contributed by atoms with Gasteiger partial charge in [-0.3, -0.25) is 9.59 Å². The molecule has 1 aromatic rings. The van der Waals surface area contributed by atoms with Crippen LogP contribution in [0.25, 0.3) is 0 Å². The number of carbonyl (C=O) groups is 2. The number of amides is 1. The number of carboxylic acids is 1. The zero-order valence-electron chi connectivity index (χ0n) is 13.8. The highest BCUT2D eigenvalue weighted by Gasteiger charge is 2.55. The first-order valence-electron chi connectivity index (χ1n) is 8.84. The van der Waals surface area contributed by atoms with Gasteiger partial charge in [-0.25, -0.2) is 0 Å². The molecular weight excluding hydrogens is 340 g/mol. The number of ether oxygens (including phenoxy) is 1. The first-order chi connectivity index (χ1) is 12.1. The fourth-order valence-corrected chi connectivity index (χ4v) is 5.71. The molecule has 1 amide bonds. The van der Waals surface area contributed by atoms with E-state index >= 15 is 0 Å². The summed E-state index contributed by atoms with van der Waals surface area (Å²) >= 11 is 1.47. The van der Waals surface area contributed by atoms with Crippen molar-refractivity contribution >= 4 is 28.2 Å². The minimum absolute atomic E-state index is 0.325. The van der Waals surface area contributed by atoms with Gasteiger partial charge in [0.05, 0.1) is 29.6 Å². The zero-order chi connectivity index (χ0) is 17.6. The first-order valence-corrected chi connectivity index (χ1v) is 9.65. The van der Waals surface area contributed by atoms with Crippen molar-refractivity contribution in [2.45, 2.75) is 57.2 Å². The Morgan fingerprint density at radius 3 is 2.60 bits per heavy atom. The predicted octanol–water partition coefficient (Wildman–Crippen LogP) is 2.71. The number of carboxylic acid groups (broad SMARTS) is 1. The second-order valence-corrected chi connectivity index (χ2v) is 8.15. The molecule has 0 aromatic carbocycles. The third-order valence-corrected chi connectivity index (χ3v) is 6.84. The van der Waals surface area contributed by atoms with Crippen LogP contribution in [0.15, 0.2) is 0 Å². The highest BCUT2D eigenvalue weighted by molar-refractivity contribution is 7.16. The predicted molar refractivity (Wildman–Crippen MR) is 91.4 cm³/mol. The number of rotatable bonds is 3. The molecule has 4 rings (SSSR count). The van der Waals surface area contributed by atoms with Crippen LogP contribution in [0.1, 0.15) is 48.1 Å². The molecule has 0 spiro atoms. The Morgan fingerprint density at radius 2 is 1.88 bits per heavy atom. The van der Waals surface area contributed by atoms with E-state index in [1.54, 1.807) is 0 Å². The number of nitrogens with one attached hydrogen (secondary N) is 1. The lowest BCUT2D eigenvalue weighted by atomic mass is 9.79. The summed E-state index contributed by atoms with van der Waals surface area (Å²) in [6, 6.07) is 2.24. The van der Waals surface area contributed by atoms with Crippen LogP contribution in [-0.4, -0.2) is 29.2 Å². The van der Waals surface area contributed by atoms with E-state index in [0.717, 1.165) is 44.1 Å². The Morgan fingerprint density at radius 1 is 1.16 bits per heavy atom. The molecule has 132 valence electrons. The number of nitrogens with zero attached hydrogens (tertiary/aromatic N) is 1. The Hall–Kier alpha value is -1.91. The smallest absolute Gasteiger partial charge is 0.310 e. The number of carbonyl (C=O) groups excluding carboxylic acids is 1. The quantitative estimate of drug-likeness (QED) is 0.808. The normalized spacial score (nSPS) is 30.4. The van der Waals surface area contributed by atoms with Crippen LogP contribution < -0.4 is 5.32 Å². The highest BCUT2D eigenvalue weighted by Crippen LogP contribution is 2.45. The van der Waals surface area contributed by atoms with E-state index in [1.165, 1.54) is 16.2 Å². The van der Waals surface area contributed by atoms with Gasteiger partial charge in [-0.2, -0.15) is 5.26 Å². The molecule has 4 atom stereocenters. The third kappa shape index (κ3) is 2.74. The summed E-state index contributed by atoms with van der Waals surface area (Å²) in [6.45, 7) is 0. The van der Waals surface area contributed by atoms with Crippen LogP contribution in [0.3, 0.4) is 0 Å². The lowest BCUT2D eigenvalue weighted by Gasteiger charge is -2.23. The molecule has 2 bridgehead atoms. The van der Waals surface area contributed by atoms with E-state index in [9.17, 15) is 20.0 Å². The van der Waals surface area contributed by atoms with Gasteiger partial charge in [0.15, 0.2) is 0 Å². The highest BCUT2D eigenvalue weighted by atomic mass is 32.1. The number of thiophene rings is 1. The Balaban J connectivity index is 1.59. The van der Waals surface area contributed by atoms with Crippen molar-refractivity contribution in [2.75, 3.05) is 5.32 Å². The van der Waals surface area contributed by atoms with E-state index in [4.69, 9.17) is 4.74 Å². The largest absolute Gasteiger partial charge is 0.481 e. The number of anilines is 1. The summed E-state index contributed by atoms with van der Waals surface area (Å²) in [6.07, 6.45) is 5.87. The van der Waals surface area contributed by atoms with E-state index in [-0.39, 0.29) is 18.1 Å². The molecule has 0 saturated carbocycles. The van der Waals surface area contributed by atoms with Crippen molar-refractivity contribution in [3.8, 4) is 6.07 Å². The molecule has 1 aromatic heterocycles. The van der Waals surface area contributed by atoms with Gasteiger partial charge in [0, 0.05) is 4.88 Å². The van der Waals surface area contributed by atoms with E-state index in [2.05, 4.69) is 11.4 Å². The Kier molecular flexibility index (Phi) is 4.26. The van der Waals surface area contributed by atoms with Crippen LogP contribution in [0, 0.1) is 23.2 Å². The van der Waals surface area contributed by atoms with Crippen LogP contribution in [0.4, 0.5) is 5.00 Å². The maximum atomic E-state index is 12.8. The van der Waals surface area contributed by atoms with Gasteiger partial charge in [-0.1, -0.05) is 6.42 Å². The topological polar surface area (TPSA) is 99.4 Å². The monoisotopic (exact) mass is 360 g/mol. The molecule has 2 N–H and O–H groups in total. The lowest BCUT2D eigenvalue weighted by Crippen LogP contribution is -2.40. The maximum Gasteiger partial charge on any atom is 0.310 e. The maximum absolute atomic E-state index is 12.8. The number of aliphatic carboxylic acids is 1. The van der Waals surface area contributed by atoms with Gasteiger partial charge in [-0.15, -0.1) is 11.3 Å². The third-order valence-electron chi connectivity index (χ3n) is 5.63. The molecule has 1 aliphatic carbocycles.